The van der Waals surface area contributed by atoms with Crippen LogP contribution in [-0.4, -0.2) is 28.5 Å². The van der Waals surface area contributed by atoms with Gasteiger partial charge in [-0.3, -0.25) is 9.59 Å². The zero-order valence-corrected chi connectivity index (χ0v) is 19.9. The Kier molecular flexibility index (Phi) is 5.91. The maximum atomic E-state index is 13.6. The number of anilines is 2. The summed E-state index contributed by atoms with van der Waals surface area (Å²) in [5, 5.41) is 4.80. The molecular weight excluding hydrogens is 451 g/mol. The first kappa shape index (κ1) is 22.3. The SMILES string of the molecule is Cc1ccc(-n2c(N3CCCC(C(=O)Nc4ccc(F)c(C)c4)C3)nc3ccsc3c2=O)cc1. The lowest BCUT2D eigenvalue weighted by molar-refractivity contribution is -0.120. The Balaban J connectivity index is 1.47. The van der Waals surface area contributed by atoms with Crippen molar-refractivity contribution in [2.24, 2.45) is 5.92 Å². The van der Waals surface area contributed by atoms with Gasteiger partial charge in [-0.15, -0.1) is 11.3 Å². The Bertz CT molecular complexity index is 1430. The third-order valence-corrected chi connectivity index (χ3v) is 7.15. The Labute approximate surface area is 200 Å². The van der Waals surface area contributed by atoms with Gasteiger partial charge in [0.25, 0.3) is 5.56 Å². The molecule has 4 aromatic rings. The molecule has 1 aliphatic rings. The minimum Gasteiger partial charge on any atom is -0.341 e. The van der Waals surface area contributed by atoms with Gasteiger partial charge in [-0.25, -0.2) is 13.9 Å². The van der Waals surface area contributed by atoms with E-state index in [1.807, 2.05) is 47.5 Å². The number of carbonyl (C=O) groups excluding carboxylic acids is 1. The molecule has 0 radical (unpaired) electrons. The quantitative estimate of drug-likeness (QED) is 0.447. The number of hydrogen-bond acceptors (Lipinski definition) is 5. The Morgan fingerprint density at radius 1 is 1.15 bits per heavy atom. The summed E-state index contributed by atoms with van der Waals surface area (Å²) in [7, 11) is 0. The minimum atomic E-state index is -0.300. The van der Waals surface area contributed by atoms with E-state index < -0.39 is 0 Å². The maximum absolute atomic E-state index is 13.6. The highest BCUT2D eigenvalue weighted by Gasteiger charge is 2.29. The van der Waals surface area contributed by atoms with Gasteiger partial charge in [-0.2, -0.15) is 0 Å². The van der Waals surface area contributed by atoms with Gasteiger partial charge in [0.1, 0.15) is 10.5 Å². The third-order valence-electron chi connectivity index (χ3n) is 6.25. The minimum absolute atomic E-state index is 0.104. The predicted molar refractivity (Wildman–Crippen MR) is 135 cm³/mol. The van der Waals surface area contributed by atoms with Crippen molar-refractivity contribution in [3.8, 4) is 5.69 Å². The molecule has 0 saturated carbocycles. The molecule has 2 aromatic carbocycles. The fraction of sp³-hybridized carbons (Fsp3) is 0.269. The lowest BCUT2D eigenvalue weighted by Crippen LogP contribution is -2.43. The van der Waals surface area contributed by atoms with Crippen LogP contribution in [0.4, 0.5) is 16.0 Å². The van der Waals surface area contributed by atoms with Crippen molar-refractivity contribution >= 4 is 39.1 Å². The van der Waals surface area contributed by atoms with Crippen LogP contribution in [-0.2, 0) is 4.79 Å². The summed E-state index contributed by atoms with van der Waals surface area (Å²) in [6.45, 7) is 4.82. The molecule has 174 valence electrons. The van der Waals surface area contributed by atoms with Gasteiger partial charge in [0.05, 0.1) is 17.1 Å². The van der Waals surface area contributed by atoms with E-state index >= 15 is 0 Å². The fourth-order valence-corrected chi connectivity index (χ4v) is 5.14. The van der Waals surface area contributed by atoms with Crippen LogP contribution < -0.4 is 15.8 Å². The normalized spacial score (nSPS) is 16.1. The summed E-state index contributed by atoms with van der Waals surface area (Å²) in [6.07, 6.45) is 1.53. The number of piperidine rings is 1. The number of amides is 1. The second-order valence-corrected chi connectivity index (χ2v) is 9.68. The van der Waals surface area contributed by atoms with Crippen LogP contribution in [0, 0.1) is 25.6 Å². The second-order valence-electron chi connectivity index (χ2n) is 8.76. The molecule has 3 heterocycles. The monoisotopic (exact) mass is 476 g/mol. The second kappa shape index (κ2) is 9.02. The molecule has 2 aromatic heterocycles. The van der Waals surface area contributed by atoms with Crippen molar-refractivity contribution in [2.45, 2.75) is 26.7 Å². The molecule has 1 aliphatic heterocycles. The third kappa shape index (κ3) is 4.21. The van der Waals surface area contributed by atoms with E-state index in [9.17, 15) is 14.0 Å². The zero-order chi connectivity index (χ0) is 23.8. The molecule has 0 aliphatic carbocycles. The number of rotatable bonds is 4. The molecular formula is C26H25FN4O2S. The smallest absolute Gasteiger partial charge is 0.277 e. The fourth-order valence-electron chi connectivity index (χ4n) is 4.38. The number of aryl methyl sites for hydroxylation is 2. The molecule has 1 N–H and O–H groups in total. The molecule has 0 spiro atoms. The van der Waals surface area contributed by atoms with Gasteiger partial charge in [-0.05, 0) is 74.0 Å². The predicted octanol–water partition coefficient (Wildman–Crippen LogP) is 5.06. The average molecular weight is 477 g/mol. The molecule has 34 heavy (non-hydrogen) atoms. The first-order valence-corrected chi connectivity index (χ1v) is 12.2. The van der Waals surface area contributed by atoms with Crippen molar-refractivity contribution in [3.63, 3.8) is 0 Å². The zero-order valence-electron chi connectivity index (χ0n) is 19.0. The van der Waals surface area contributed by atoms with E-state index in [1.165, 1.54) is 17.4 Å². The first-order valence-electron chi connectivity index (χ1n) is 11.3. The van der Waals surface area contributed by atoms with Gasteiger partial charge < -0.3 is 10.2 Å². The van der Waals surface area contributed by atoms with E-state index in [0.29, 0.717) is 40.5 Å². The van der Waals surface area contributed by atoms with E-state index in [0.717, 1.165) is 24.1 Å². The maximum Gasteiger partial charge on any atom is 0.277 e. The van der Waals surface area contributed by atoms with Crippen LogP contribution in [0.5, 0.6) is 0 Å². The van der Waals surface area contributed by atoms with Crippen LogP contribution in [0.25, 0.3) is 15.9 Å². The molecule has 6 nitrogen and oxygen atoms in total. The molecule has 1 unspecified atom stereocenters. The molecule has 5 rings (SSSR count). The Hall–Kier alpha value is -3.52. The largest absolute Gasteiger partial charge is 0.341 e. The molecule has 1 atom stereocenters. The van der Waals surface area contributed by atoms with Crippen LogP contribution in [0.3, 0.4) is 0 Å². The first-order chi connectivity index (χ1) is 16.4. The number of nitrogens with zero attached hydrogens (tertiary/aromatic N) is 3. The standard InChI is InChI=1S/C26H25FN4O2S/c1-16-5-8-20(9-6-16)31-25(33)23-22(11-13-34-23)29-26(31)30-12-3-4-18(15-30)24(32)28-19-7-10-21(27)17(2)14-19/h5-11,13-14,18H,3-4,12,15H2,1-2H3,(H,28,32). The van der Waals surface area contributed by atoms with Gasteiger partial charge in [0.2, 0.25) is 11.9 Å². The number of hydrogen-bond donors (Lipinski definition) is 1. The van der Waals surface area contributed by atoms with Gasteiger partial charge in [-0.1, -0.05) is 17.7 Å². The number of benzene rings is 2. The topological polar surface area (TPSA) is 67.2 Å². The molecule has 8 heteroatoms. The van der Waals surface area contributed by atoms with Crippen LogP contribution in [0.1, 0.15) is 24.0 Å². The summed E-state index contributed by atoms with van der Waals surface area (Å²) < 4.78 is 15.9. The lowest BCUT2D eigenvalue weighted by atomic mass is 9.97. The number of aromatic nitrogens is 2. The highest BCUT2D eigenvalue weighted by Crippen LogP contribution is 2.27. The van der Waals surface area contributed by atoms with E-state index in [4.69, 9.17) is 4.98 Å². The summed E-state index contributed by atoms with van der Waals surface area (Å²) in [4.78, 5) is 33.4. The Morgan fingerprint density at radius 2 is 1.94 bits per heavy atom. The summed E-state index contributed by atoms with van der Waals surface area (Å²) in [5.74, 6) is -0.141. The van der Waals surface area contributed by atoms with Crippen LogP contribution in [0.2, 0.25) is 0 Å². The highest BCUT2D eigenvalue weighted by atomic mass is 32.1. The van der Waals surface area contributed by atoms with Gasteiger partial charge in [0.15, 0.2) is 0 Å². The molecule has 1 amide bonds. The number of fused-ring (bicyclic) bond motifs is 1. The van der Waals surface area contributed by atoms with Gasteiger partial charge in [0, 0.05) is 18.8 Å². The van der Waals surface area contributed by atoms with Crippen molar-refractivity contribution in [1.29, 1.82) is 0 Å². The van der Waals surface area contributed by atoms with E-state index in [1.54, 1.807) is 23.6 Å². The summed E-state index contributed by atoms with van der Waals surface area (Å²) in [5.41, 5.74) is 3.49. The Morgan fingerprint density at radius 3 is 2.71 bits per heavy atom. The van der Waals surface area contributed by atoms with Crippen LogP contribution >= 0.6 is 11.3 Å². The van der Waals surface area contributed by atoms with E-state index in [-0.39, 0.29) is 23.2 Å². The van der Waals surface area contributed by atoms with Crippen molar-refractivity contribution in [3.05, 3.63) is 81.2 Å². The van der Waals surface area contributed by atoms with Crippen molar-refractivity contribution in [1.82, 2.24) is 9.55 Å². The highest BCUT2D eigenvalue weighted by molar-refractivity contribution is 7.17. The van der Waals surface area contributed by atoms with Crippen LogP contribution in [0.15, 0.2) is 58.7 Å². The number of carbonyl (C=O) groups is 1. The molecule has 1 saturated heterocycles. The van der Waals surface area contributed by atoms with Crippen molar-refractivity contribution in [2.75, 3.05) is 23.3 Å². The molecule has 0 bridgehead atoms. The number of nitrogens with one attached hydrogen (secondary N) is 1. The van der Waals surface area contributed by atoms with Gasteiger partial charge >= 0.3 is 0 Å². The van der Waals surface area contributed by atoms with E-state index in [2.05, 4.69) is 5.32 Å². The summed E-state index contributed by atoms with van der Waals surface area (Å²) >= 11 is 1.38. The number of thiophene rings is 1. The summed E-state index contributed by atoms with van der Waals surface area (Å²) in [6, 6.07) is 14.2. The van der Waals surface area contributed by atoms with Crippen molar-refractivity contribution < 1.29 is 9.18 Å². The molecule has 1 fully saturated rings. The number of halogens is 1. The average Bonchev–Trinajstić information content (AvgIpc) is 3.31. The lowest BCUT2D eigenvalue weighted by Gasteiger charge is -2.34.